The first-order valence-corrected chi connectivity index (χ1v) is 7.81. The molecule has 2 atom stereocenters. The molecule has 2 aliphatic rings. The van der Waals surface area contributed by atoms with Gasteiger partial charge >= 0.3 is 6.18 Å². The van der Waals surface area contributed by atoms with Gasteiger partial charge in [0.05, 0.1) is 12.6 Å². The Morgan fingerprint density at radius 3 is 2.61 bits per heavy atom. The van der Waals surface area contributed by atoms with Crippen LogP contribution in [0.15, 0.2) is 4.99 Å². The van der Waals surface area contributed by atoms with Crippen LogP contribution in [-0.2, 0) is 4.74 Å². The Morgan fingerprint density at radius 1 is 1.26 bits per heavy atom. The predicted molar refractivity (Wildman–Crippen MR) is 94.4 cm³/mol. The summed E-state index contributed by atoms with van der Waals surface area (Å²) in [6, 6.07) is 0. The maximum absolute atomic E-state index is 12.4. The van der Waals surface area contributed by atoms with E-state index in [2.05, 4.69) is 15.6 Å². The van der Waals surface area contributed by atoms with Gasteiger partial charge in [-0.3, -0.25) is 9.89 Å². The number of aliphatic imine (C=N–C) groups is 1. The molecule has 2 rings (SSSR count). The monoisotopic (exact) mass is 450 g/mol. The lowest BCUT2D eigenvalue weighted by Crippen LogP contribution is -2.43. The molecule has 0 bridgehead atoms. The third kappa shape index (κ3) is 7.88. The van der Waals surface area contributed by atoms with Crippen molar-refractivity contribution in [2.45, 2.75) is 31.5 Å². The minimum Gasteiger partial charge on any atom is -0.376 e. The van der Waals surface area contributed by atoms with Gasteiger partial charge in [-0.15, -0.1) is 24.0 Å². The summed E-state index contributed by atoms with van der Waals surface area (Å²) in [5.41, 5.74) is 0. The predicted octanol–water partition coefficient (Wildman–Crippen LogP) is 1.83. The minimum atomic E-state index is -4.11. The van der Waals surface area contributed by atoms with Gasteiger partial charge in [-0.1, -0.05) is 0 Å². The maximum Gasteiger partial charge on any atom is 0.401 e. The largest absolute Gasteiger partial charge is 0.401 e. The quantitative estimate of drug-likeness (QED) is 0.382. The van der Waals surface area contributed by atoms with E-state index >= 15 is 0 Å². The number of hydrogen-bond acceptors (Lipinski definition) is 3. The standard InChI is InChI=1S/C14H25F3N4O.HI/c1-18-13(20-8-12-3-2-6-22-12)19-7-11-4-5-21(9-11)10-14(15,16)17;/h11-12H,2-10H2,1H3,(H2,18,19,20);1H. The summed E-state index contributed by atoms with van der Waals surface area (Å²) in [5.74, 6) is 0.911. The number of ether oxygens (including phenoxy) is 1. The Balaban J connectivity index is 0.00000264. The second kappa shape index (κ2) is 9.87. The zero-order chi connectivity index (χ0) is 16.0. The molecule has 23 heavy (non-hydrogen) atoms. The molecular weight excluding hydrogens is 424 g/mol. The molecule has 2 unspecified atom stereocenters. The Hall–Kier alpha value is -0.290. The fourth-order valence-corrected chi connectivity index (χ4v) is 2.95. The highest BCUT2D eigenvalue weighted by molar-refractivity contribution is 14.0. The molecule has 0 aromatic rings. The second-order valence-electron chi connectivity index (χ2n) is 5.97. The van der Waals surface area contributed by atoms with E-state index in [1.807, 2.05) is 0 Å². The first-order chi connectivity index (χ1) is 10.5. The summed E-state index contributed by atoms with van der Waals surface area (Å²) < 4.78 is 42.6. The van der Waals surface area contributed by atoms with Gasteiger partial charge in [-0.2, -0.15) is 13.2 Å². The number of halogens is 4. The number of hydrogen-bond donors (Lipinski definition) is 2. The summed E-state index contributed by atoms with van der Waals surface area (Å²) in [7, 11) is 1.69. The van der Waals surface area contributed by atoms with Crippen LogP contribution in [0.25, 0.3) is 0 Å². The van der Waals surface area contributed by atoms with Crippen LogP contribution < -0.4 is 10.6 Å². The molecule has 0 aromatic carbocycles. The molecule has 0 amide bonds. The van der Waals surface area contributed by atoms with Crippen LogP contribution >= 0.6 is 24.0 Å². The topological polar surface area (TPSA) is 48.9 Å². The van der Waals surface area contributed by atoms with E-state index in [0.717, 1.165) is 25.9 Å². The summed E-state index contributed by atoms with van der Waals surface area (Å²) >= 11 is 0. The van der Waals surface area contributed by atoms with Crippen LogP contribution in [-0.4, -0.2) is 69.5 Å². The maximum atomic E-state index is 12.4. The van der Waals surface area contributed by atoms with Crippen molar-refractivity contribution < 1.29 is 17.9 Å². The van der Waals surface area contributed by atoms with E-state index in [0.29, 0.717) is 32.1 Å². The lowest BCUT2D eigenvalue weighted by atomic mass is 10.1. The Bertz CT molecular complexity index is 376. The van der Waals surface area contributed by atoms with Gasteiger partial charge in [-0.25, -0.2) is 0 Å². The van der Waals surface area contributed by atoms with Crippen molar-refractivity contribution in [1.29, 1.82) is 0 Å². The van der Waals surface area contributed by atoms with E-state index < -0.39 is 12.7 Å². The molecule has 136 valence electrons. The van der Waals surface area contributed by atoms with Crippen molar-refractivity contribution in [3.8, 4) is 0 Å². The van der Waals surface area contributed by atoms with Crippen LogP contribution in [0.2, 0.25) is 0 Å². The summed E-state index contributed by atoms with van der Waals surface area (Å²) in [6.07, 6.45) is -0.950. The van der Waals surface area contributed by atoms with Gasteiger partial charge in [0.15, 0.2) is 5.96 Å². The molecule has 2 heterocycles. The SMILES string of the molecule is CN=C(NCC1CCN(CC(F)(F)F)C1)NCC1CCCO1.I. The Labute approximate surface area is 152 Å². The average molecular weight is 450 g/mol. The molecule has 0 radical (unpaired) electrons. The van der Waals surface area contributed by atoms with Crippen LogP contribution in [0, 0.1) is 5.92 Å². The molecule has 2 fully saturated rings. The zero-order valence-corrected chi connectivity index (χ0v) is 15.7. The molecule has 9 heteroatoms. The highest BCUT2D eigenvalue weighted by atomic mass is 127. The van der Waals surface area contributed by atoms with Gasteiger partial charge in [0.1, 0.15) is 0 Å². The number of alkyl halides is 3. The molecule has 0 aromatic heterocycles. The molecule has 0 saturated carbocycles. The number of likely N-dealkylation sites (tertiary alicyclic amines) is 1. The summed E-state index contributed by atoms with van der Waals surface area (Å²) in [5, 5.41) is 6.40. The van der Waals surface area contributed by atoms with Crippen molar-refractivity contribution >= 4 is 29.9 Å². The number of nitrogens with zero attached hydrogens (tertiary/aromatic N) is 2. The van der Waals surface area contributed by atoms with Crippen LogP contribution in [0.4, 0.5) is 13.2 Å². The van der Waals surface area contributed by atoms with E-state index in [-0.39, 0.29) is 36.0 Å². The van der Waals surface area contributed by atoms with E-state index in [4.69, 9.17) is 4.74 Å². The van der Waals surface area contributed by atoms with Crippen LogP contribution in [0.1, 0.15) is 19.3 Å². The molecule has 5 nitrogen and oxygen atoms in total. The summed E-state index contributed by atoms with van der Waals surface area (Å²) in [6.45, 7) is 2.35. The van der Waals surface area contributed by atoms with Gasteiger partial charge in [0, 0.05) is 33.3 Å². The minimum absolute atomic E-state index is 0. The first kappa shape index (κ1) is 20.8. The van der Waals surface area contributed by atoms with Crippen molar-refractivity contribution in [3.05, 3.63) is 0 Å². The van der Waals surface area contributed by atoms with Crippen LogP contribution in [0.5, 0.6) is 0 Å². The lowest BCUT2D eigenvalue weighted by Gasteiger charge is -2.19. The number of rotatable bonds is 5. The van der Waals surface area contributed by atoms with Crippen molar-refractivity contribution in [2.24, 2.45) is 10.9 Å². The van der Waals surface area contributed by atoms with Gasteiger partial charge in [-0.05, 0) is 31.7 Å². The van der Waals surface area contributed by atoms with Crippen LogP contribution in [0.3, 0.4) is 0 Å². The average Bonchev–Trinajstić information content (AvgIpc) is 3.09. The fraction of sp³-hybridized carbons (Fsp3) is 0.929. The lowest BCUT2D eigenvalue weighted by molar-refractivity contribution is -0.143. The van der Waals surface area contributed by atoms with Crippen molar-refractivity contribution in [3.63, 3.8) is 0 Å². The van der Waals surface area contributed by atoms with Gasteiger partial charge in [0.2, 0.25) is 0 Å². The summed E-state index contributed by atoms with van der Waals surface area (Å²) in [4.78, 5) is 5.60. The fourth-order valence-electron chi connectivity index (χ4n) is 2.95. The zero-order valence-electron chi connectivity index (χ0n) is 13.4. The third-order valence-electron chi connectivity index (χ3n) is 4.08. The smallest absolute Gasteiger partial charge is 0.376 e. The molecule has 0 aliphatic carbocycles. The molecule has 0 spiro atoms. The highest BCUT2D eigenvalue weighted by Gasteiger charge is 2.34. The Kier molecular flexibility index (Phi) is 8.91. The molecule has 2 saturated heterocycles. The van der Waals surface area contributed by atoms with E-state index in [9.17, 15) is 13.2 Å². The second-order valence-corrected chi connectivity index (χ2v) is 5.97. The van der Waals surface area contributed by atoms with Gasteiger partial charge < -0.3 is 15.4 Å². The van der Waals surface area contributed by atoms with Crippen molar-refractivity contribution in [1.82, 2.24) is 15.5 Å². The van der Waals surface area contributed by atoms with E-state index in [1.165, 1.54) is 4.90 Å². The first-order valence-electron chi connectivity index (χ1n) is 7.81. The molecular formula is C14H26F3IN4O. The molecule has 2 aliphatic heterocycles. The third-order valence-corrected chi connectivity index (χ3v) is 4.08. The van der Waals surface area contributed by atoms with E-state index in [1.54, 1.807) is 7.05 Å². The highest BCUT2D eigenvalue weighted by Crippen LogP contribution is 2.22. The van der Waals surface area contributed by atoms with Crippen molar-refractivity contribution in [2.75, 3.05) is 46.4 Å². The Morgan fingerprint density at radius 2 is 2.00 bits per heavy atom. The molecule has 2 N–H and O–H groups in total. The van der Waals surface area contributed by atoms with Gasteiger partial charge in [0.25, 0.3) is 0 Å². The number of nitrogens with one attached hydrogen (secondary N) is 2. The number of guanidine groups is 1. The normalized spacial score (nSPS) is 26.2.